The molecule has 0 aliphatic heterocycles. The number of nitrogens with zero attached hydrogens (tertiary/aromatic N) is 1. The van der Waals surface area contributed by atoms with E-state index in [1.165, 1.54) is 6.92 Å². The van der Waals surface area contributed by atoms with Crippen molar-refractivity contribution in [3.63, 3.8) is 0 Å². The largest absolute Gasteiger partial charge is 0.490 e. The summed E-state index contributed by atoms with van der Waals surface area (Å²) in [7, 11) is -2.03. The van der Waals surface area contributed by atoms with Crippen molar-refractivity contribution < 1.29 is 22.7 Å². The predicted molar refractivity (Wildman–Crippen MR) is 39.3 cm³/mol. The number of halogens is 4. The van der Waals surface area contributed by atoms with E-state index in [1.807, 2.05) is 0 Å². The molecule has 74 valence electrons. The SMILES string of the molecule is Cc1c(O)nc(C(F)F)[s+]1C(F)F. The van der Waals surface area contributed by atoms with Crippen LogP contribution in [0.1, 0.15) is 22.1 Å². The van der Waals surface area contributed by atoms with Gasteiger partial charge in [0.2, 0.25) is 4.88 Å². The molecule has 0 aliphatic carbocycles. The molecule has 1 N–H and O–H groups in total. The maximum absolute atomic E-state index is 12.2. The third-order valence-corrected chi connectivity index (χ3v) is 3.37. The highest BCUT2D eigenvalue weighted by Gasteiger charge is 2.37. The second kappa shape index (κ2) is 3.49. The molecular weight excluding hydrogens is 210 g/mol. The van der Waals surface area contributed by atoms with Gasteiger partial charge < -0.3 is 5.11 Å². The van der Waals surface area contributed by atoms with Crippen LogP contribution in [-0.4, -0.2) is 10.1 Å². The summed E-state index contributed by atoms with van der Waals surface area (Å²) in [5, 5.41) is 7.94. The Morgan fingerprint density at radius 3 is 2.15 bits per heavy atom. The Labute approximate surface area is 73.8 Å². The van der Waals surface area contributed by atoms with Crippen LogP contribution in [-0.2, 0) is 0 Å². The van der Waals surface area contributed by atoms with Gasteiger partial charge in [-0.05, 0) is 0 Å². The minimum Gasteiger partial charge on any atom is -0.490 e. The Morgan fingerprint density at radius 1 is 1.31 bits per heavy atom. The van der Waals surface area contributed by atoms with Crippen LogP contribution in [0.5, 0.6) is 5.88 Å². The van der Waals surface area contributed by atoms with Gasteiger partial charge in [0.15, 0.2) is 0 Å². The summed E-state index contributed by atoms with van der Waals surface area (Å²) < 4.78 is 48.7. The standard InChI is InChI=1S/C6H5F4NOS/c1-2-4(12)11-5(3(7)8)13(2)6(9)10/h3,6H,1H3/p+1. The number of aromatic hydroxyl groups is 1. The van der Waals surface area contributed by atoms with Crippen molar-refractivity contribution in [2.24, 2.45) is 0 Å². The molecule has 0 spiro atoms. The van der Waals surface area contributed by atoms with E-state index in [9.17, 15) is 17.6 Å². The van der Waals surface area contributed by atoms with Crippen LogP contribution in [0, 0.1) is 6.92 Å². The van der Waals surface area contributed by atoms with Crippen LogP contribution in [0.2, 0.25) is 0 Å². The zero-order valence-electron chi connectivity index (χ0n) is 6.47. The third kappa shape index (κ3) is 1.74. The highest BCUT2D eigenvalue weighted by atomic mass is 32.2. The van der Waals surface area contributed by atoms with Crippen molar-refractivity contribution >= 4 is 10.5 Å². The Kier molecular flexibility index (Phi) is 2.74. The molecule has 1 aromatic heterocycles. The first kappa shape index (κ1) is 10.2. The predicted octanol–water partition coefficient (Wildman–Crippen LogP) is 3.18. The normalized spacial score (nSPS) is 13.0. The fourth-order valence-corrected chi connectivity index (χ4v) is 2.24. The number of rotatable bonds is 2. The summed E-state index contributed by atoms with van der Waals surface area (Å²) in [6.45, 7) is 1.17. The van der Waals surface area contributed by atoms with Crippen LogP contribution >= 0.6 is 10.5 Å². The monoisotopic (exact) mass is 216 g/mol. The van der Waals surface area contributed by atoms with E-state index in [4.69, 9.17) is 5.11 Å². The van der Waals surface area contributed by atoms with E-state index in [0.29, 0.717) is 0 Å². The molecule has 1 atom stereocenters. The van der Waals surface area contributed by atoms with Crippen molar-refractivity contribution in [3.8, 4) is 5.88 Å². The fraction of sp³-hybridized carbons (Fsp3) is 0.500. The molecule has 7 heteroatoms. The lowest BCUT2D eigenvalue weighted by molar-refractivity contribution is 0.147. The lowest BCUT2D eigenvalue weighted by Crippen LogP contribution is -1.85. The third-order valence-electron chi connectivity index (χ3n) is 1.45. The zero-order valence-corrected chi connectivity index (χ0v) is 7.29. The van der Waals surface area contributed by atoms with Crippen molar-refractivity contribution in [1.82, 2.24) is 4.98 Å². The molecule has 0 saturated heterocycles. The molecule has 1 aromatic rings. The quantitative estimate of drug-likeness (QED) is 0.608. The molecule has 13 heavy (non-hydrogen) atoms. The van der Waals surface area contributed by atoms with Crippen LogP contribution in [0.25, 0.3) is 0 Å². The van der Waals surface area contributed by atoms with Crippen LogP contribution in [0.4, 0.5) is 17.6 Å². The van der Waals surface area contributed by atoms with Crippen molar-refractivity contribution in [1.29, 1.82) is 0 Å². The van der Waals surface area contributed by atoms with Gasteiger partial charge in [-0.1, -0.05) is 0 Å². The minimum atomic E-state index is -3.04. The molecule has 0 saturated carbocycles. The average Bonchev–Trinajstić information content (AvgIpc) is 2.28. The number of alkyl halides is 4. The van der Waals surface area contributed by atoms with Gasteiger partial charge >= 0.3 is 17.2 Å². The smallest absolute Gasteiger partial charge is 0.423 e. The van der Waals surface area contributed by atoms with E-state index in [1.54, 1.807) is 0 Å². The fourth-order valence-electron chi connectivity index (χ4n) is 0.857. The molecule has 1 heterocycles. The molecular formula is C6H6F4NOS+. The lowest BCUT2D eigenvalue weighted by Gasteiger charge is -1.91. The highest BCUT2D eigenvalue weighted by Crippen LogP contribution is 2.47. The second-order valence-corrected chi connectivity index (χ2v) is 4.29. The molecule has 2 nitrogen and oxygen atoms in total. The van der Waals surface area contributed by atoms with Crippen molar-refractivity contribution in [2.45, 2.75) is 19.1 Å². The molecule has 0 bridgehead atoms. The minimum absolute atomic E-state index is 0.176. The topological polar surface area (TPSA) is 33.1 Å². The van der Waals surface area contributed by atoms with Crippen LogP contribution < -0.4 is 0 Å². The van der Waals surface area contributed by atoms with Gasteiger partial charge in [0.05, 0.1) is 10.5 Å². The molecule has 0 aliphatic rings. The van der Waals surface area contributed by atoms with Gasteiger partial charge in [-0.25, -0.2) is 0 Å². The van der Waals surface area contributed by atoms with Gasteiger partial charge in [0.25, 0.3) is 5.88 Å². The van der Waals surface area contributed by atoms with Gasteiger partial charge in [-0.15, -0.1) is 0 Å². The van der Waals surface area contributed by atoms with Crippen molar-refractivity contribution in [3.05, 3.63) is 9.88 Å². The summed E-state index contributed by atoms with van der Waals surface area (Å²) in [5.74, 6) is -3.64. The maximum Gasteiger partial charge on any atom is 0.423 e. The average molecular weight is 216 g/mol. The van der Waals surface area contributed by atoms with Gasteiger partial charge in [-0.3, -0.25) is 0 Å². The Balaban J connectivity index is 3.27. The number of thiazole rings is 1. The molecule has 0 amide bonds. The van der Waals surface area contributed by atoms with E-state index in [0.717, 1.165) is 0 Å². The maximum atomic E-state index is 12.2. The molecule has 0 aromatic carbocycles. The first-order chi connectivity index (χ1) is 5.95. The van der Waals surface area contributed by atoms with E-state index in [2.05, 4.69) is 4.98 Å². The molecule has 1 rings (SSSR count). The molecule has 1 unspecified atom stereocenters. The first-order valence-electron chi connectivity index (χ1n) is 3.23. The van der Waals surface area contributed by atoms with Gasteiger partial charge in [0.1, 0.15) is 0 Å². The number of aromatic nitrogens is 1. The highest BCUT2D eigenvalue weighted by molar-refractivity contribution is 7.31. The zero-order chi connectivity index (χ0) is 10.2. The Bertz CT molecular complexity index is 312. The summed E-state index contributed by atoms with van der Waals surface area (Å²) >= 11 is 0. The van der Waals surface area contributed by atoms with E-state index in [-0.39, 0.29) is 4.88 Å². The lowest BCUT2D eigenvalue weighted by atomic mass is 10.6. The van der Waals surface area contributed by atoms with Crippen LogP contribution in [0.15, 0.2) is 0 Å². The summed E-state index contributed by atoms with van der Waals surface area (Å²) in [6, 6.07) is 0. The Morgan fingerprint density at radius 2 is 1.85 bits per heavy atom. The molecule has 0 fully saturated rings. The first-order valence-corrected chi connectivity index (χ1v) is 4.51. The second-order valence-electron chi connectivity index (χ2n) is 2.23. The van der Waals surface area contributed by atoms with E-state index < -0.39 is 33.5 Å². The van der Waals surface area contributed by atoms with Crippen molar-refractivity contribution in [2.75, 3.05) is 0 Å². The molecule has 0 radical (unpaired) electrons. The number of hydrogen-bond donors (Lipinski definition) is 1. The number of hydrogen-bond acceptors (Lipinski definition) is 2. The van der Waals surface area contributed by atoms with Gasteiger partial charge in [-0.2, -0.15) is 22.5 Å². The van der Waals surface area contributed by atoms with Crippen LogP contribution in [0.3, 0.4) is 0 Å². The summed E-state index contributed by atoms with van der Waals surface area (Å²) in [6.07, 6.45) is -3.04. The van der Waals surface area contributed by atoms with Gasteiger partial charge in [0, 0.05) is 6.92 Å². The summed E-state index contributed by atoms with van der Waals surface area (Å²) in [4.78, 5) is 2.83. The Hall–Kier alpha value is -0.850. The summed E-state index contributed by atoms with van der Waals surface area (Å²) in [5.41, 5.74) is 0. The van der Waals surface area contributed by atoms with E-state index >= 15 is 0 Å².